The fourth-order valence-electron chi connectivity index (χ4n) is 4.24. The Kier molecular flexibility index (Phi) is 18.3. The summed E-state index contributed by atoms with van der Waals surface area (Å²) in [6.45, 7) is 10.0. The molecule has 0 saturated carbocycles. The van der Waals surface area contributed by atoms with Crippen molar-refractivity contribution in [3.05, 3.63) is 12.2 Å². The number of aliphatic carboxylic acids is 3. The SMILES string of the molecule is CCCC/C=C/CCCCCCC[N+](CCC(C)C(=O)O)(CCC(C)C(=O)O)CCC(C)C(=O)O. The quantitative estimate of drug-likeness (QED) is 0.0875. The maximum absolute atomic E-state index is 11.4. The molecular weight excluding hydrogens is 446 g/mol. The molecule has 0 spiro atoms. The summed E-state index contributed by atoms with van der Waals surface area (Å²) in [7, 11) is 0. The Morgan fingerprint density at radius 3 is 1.37 bits per heavy atom. The molecule has 0 aromatic rings. The van der Waals surface area contributed by atoms with E-state index in [0.717, 1.165) is 38.6 Å². The monoisotopic (exact) mass is 498 g/mol. The fourth-order valence-corrected chi connectivity index (χ4v) is 4.24. The van der Waals surface area contributed by atoms with Crippen molar-refractivity contribution in [2.45, 2.75) is 105 Å². The second kappa shape index (κ2) is 19.3. The van der Waals surface area contributed by atoms with Crippen LogP contribution in [0.4, 0.5) is 0 Å². The van der Waals surface area contributed by atoms with Gasteiger partial charge >= 0.3 is 17.9 Å². The Morgan fingerprint density at radius 1 is 0.600 bits per heavy atom. The van der Waals surface area contributed by atoms with Gasteiger partial charge in [-0.15, -0.1) is 0 Å². The lowest BCUT2D eigenvalue weighted by atomic mass is 10.0. The zero-order valence-electron chi connectivity index (χ0n) is 22.7. The Hall–Kier alpha value is -1.89. The lowest BCUT2D eigenvalue weighted by molar-refractivity contribution is -0.929. The van der Waals surface area contributed by atoms with Crippen LogP contribution in [0.2, 0.25) is 0 Å². The van der Waals surface area contributed by atoms with Crippen LogP contribution >= 0.6 is 0 Å². The van der Waals surface area contributed by atoms with Crippen LogP contribution in [0.1, 0.15) is 105 Å². The minimum Gasteiger partial charge on any atom is -0.481 e. The molecular formula is C28H52NO6+. The maximum Gasteiger partial charge on any atom is 0.306 e. The van der Waals surface area contributed by atoms with Gasteiger partial charge < -0.3 is 19.8 Å². The number of carboxylic acid groups (broad SMARTS) is 3. The summed E-state index contributed by atoms with van der Waals surface area (Å²) >= 11 is 0. The van der Waals surface area contributed by atoms with Crippen molar-refractivity contribution in [3.63, 3.8) is 0 Å². The Bertz CT molecular complexity index is 573. The summed E-state index contributed by atoms with van der Waals surface area (Å²) in [5.74, 6) is -3.93. The van der Waals surface area contributed by atoms with Crippen LogP contribution in [0.5, 0.6) is 0 Å². The highest BCUT2D eigenvalue weighted by atomic mass is 16.4. The van der Waals surface area contributed by atoms with Gasteiger partial charge in [-0.05, 0) is 32.1 Å². The fraction of sp³-hybridized carbons (Fsp3) is 0.821. The van der Waals surface area contributed by atoms with Gasteiger partial charge in [0.1, 0.15) is 0 Å². The average Bonchev–Trinajstić information content (AvgIpc) is 2.82. The number of allylic oxidation sites excluding steroid dienone is 2. The molecule has 0 aliphatic carbocycles. The summed E-state index contributed by atoms with van der Waals surface area (Å²) in [5, 5.41) is 28.1. The third-order valence-electron chi connectivity index (χ3n) is 7.27. The number of carbonyl (C=O) groups is 3. The normalized spacial score (nSPS) is 16.0. The van der Waals surface area contributed by atoms with Crippen LogP contribution in [0.15, 0.2) is 12.2 Å². The first-order chi connectivity index (χ1) is 16.5. The topological polar surface area (TPSA) is 112 Å². The molecule has 7 nitrogen and oxygen atoms in total. The summed E-state index contributed by atoms with van der Waals surface area (Å²) in [5.41, 5.74) is 0. The molecule has 0 heterocycles. The van der Waals surface area contributed by atoms with E-state index >= 15 is 0 Å². The molecule has 3 atom stereocenters. The molecule has 0 aliphatic heterocycles. The highest BCUT2D eigenvalue weighted by molar-refractivity contribution is 5.70. The van der Waals surface area contributed by atoms with E-state index in [-0.39, 0.29) is 0 Å². The lowest BCUT2D eigenvalue weighted by Gasteiger charge is -2.40. The molecule has 7 heteroatoms. The van der Waals surface area contributed by atoms with E-state index in [0.29, 0.717) is 43.4 Å². The van der Waals surface area contributed by atoms with Crippen LogP contribution in [0, 0.1) is 17.8 Å². The van der Waals surface area contributed by atoms with Gasteiger partial charge in [0.15, 0.2) is 0 Å². The number of quaternary nitrogens is 1. The van der Waals surface area contributed by atoms with E-state index in [1.54, 1.807) is 20.8 Å². The Labute approximate surface area is 213 Å². The molecule has 0 bridgehead atoms. The molecule has 0 aliphatic rings. The van der Waals surface area contributed by atoms with Crippen LogP contribution in [0.25, 0.3) is 0 Å². The van der Waals surface area contributed by atoms with Crippen molar-refractivity contribution < 1.29 is 34.2 Å². The second-order valence-electron chi connectivity index (χ2n) is 10.5. The first-order valence-corrected chi connectivity index (χ1v) is 13.7. The molecule has 0 saturated heterocycles. The Morgan fingerprint density at radius 2 is 0.971 bits per heavy atom. The third kappa shape index (κ3) is 16.4. The number of nitrogens with zero attached hydrogens (tertiary/aromatic N) is 1. The minimum atomic E-state index is -0.829. The number of hydrogen-bond donors (Lipinski definition) is 3. The van der Waals surface area contributed by atoms with E-state index in [1.807, 2.05) is 0 Å². The molecule has 0 aromatic heterocycles. The van der Waals surface area contributed by atoms with E-state index in [4.69, 9.17) is 0 Å². The average molecular weight is 499 g/mol. The summed E-state index contributed by atoms with van der Waals surface area (Å²) in [6, 6.07) is 0. The summed E-state index contributed by atoms with van der Waals surface area (Å²) in [4.78, 5) is 34.3. The maximum atomic E-state index is 11.4. The van der Waals surface area contributed by atoms with Crippen LogP contribution in [0.3, 0.4) is 0 Å². The van der Waals surface area contributed by atoms with E-state index in [9.17, 15) is 29.7 Å². The molecule has 0 aromatic carbocycles. The number of rotatable bonds is 23. The molecule has 0 amide bonds. The Balaban J connectivity index is 5.03. The van der Waals surface area contributed by atoms with Crippen molar-refractivity contribution in [1.29, 1.82) is 0 Å². The number of carboxylic acids is 3. The van der Waals surface area contributed by atoms with Crippen LogP contribution in [-0.2, 0) is 14.4 Å². The van der Waals surface area contributed by atoms with E-state index in [2.05, 4.69) is 19.1 Å². The predicted molar refractivity (Wildman–Crippen MR) is 140 cm³/mol. The van der Waals surface area contributed by atoms with E-state index in [1.165, 1.54) is 25.7 Å². The minimum absolute atomic E-state index is 0.480. The molecule has 0 rings (SSSR count). The smallest absolute Gasteiger partial charge is 0.306 e. The molecule has 3 N–H and O–H groups in total. The van der Waals surface area contributed by atoms with Gasteiger partial charge in [-0.2, -0.15) is 0 Å². The van der Waals surface area contributed by atoms with Gasteiger partial charge in [0.2, 0.25) is 0 Å². The zero-order valence-corrected chi connectivity index (χ0v) is 22.7. The van der Waals surface area contributed by atoms with Crippen LogP contribution < -0.4 is 0 Å². The van der Waals surface area contributed by atoms with Gasteiger partial charge in [-0.25, -0.2) is 0 Å². The van der Waals surface area contributed by atoms with Gasteiger partial charge in [0.05, 0.1) is 43.9 Å². The van der Waals surface area contributed by atoms with Crippen molar-refractivity contribution in [2.75, 3.05) is 26.2 Å². The number of hydrogen-bond acceptors (Lipinski definition) is 3. The number of unbranched alkanes of at least 4 members (excludes halogenated alkanes) is 7. The standard InChI is InChI=1S/C28H51NO6/c1-5-6-7-8-9-10-11-12-13-14-15-19-29(20-16-23(2)26(30)31,21-17-24(3)27(32)33)22-18-25(4)28(34)35/h8-9,23-25H,5-7,10-22H2,1-4H3,(H2-,30,31,32,33,34,35)/p+1/b9-8+. The van der Waals surface area contributed by atoms with Crippen LogP contribution in [-0.4, -0.2) is 63.9 Å². The predicted octanol–water partition coefficient (Wildman–Crippen LogP) is 6.22. The zero-order chi connectivity index (χ0) is 26.7. The van der Waals surface area contributed by atoms with Gasteiger partial charge in [0, 0.05) is 19.3 Å². The largest absolute Gasteiger partial charge is 0.481 e. The molecule has 0 fully saturated rings. The van der Waals surface area contributed by atoms with Gasteiger partial charge in [0.25, 0.3) is 0 Å². The highest BCUT2D eigenvalue weighted by Crippen LogP contribution is 2.21. The molecule has 204 valence electrons. The van der Waals surface area contributed by atoms with Crippen molar-refractivity contribution >= 4 is 17.9 Å². The molecule has 3 unspecified atom stereocenters. The third-order valence-corrected chi connectivity index (χ3v) is 7.27. The summed E-state index contributed by atoms with van der Waals surface area (Å²) in [6.07, 6.45) is 16.4. The summed E-state index contributed by atoms with van der Waals surface area (Å²) < 4.78 is 0.604. The van der Waals surface area contributed by atoms with Crippen molar-refractivity contribution in [2.24, 2.45) is 17.8 Å². The van der Waals surface area contributed by atoms with Crippen molar-refractivity contribution in [1.82, 2.24) is 0 Å². The lowest BCUT2D eigenvalue weighted by Crippen LogP contribution is -2.52. The highest BCUT2D eigenvalue weighted by Gasteiger charge is 2.31. The molecule has 0 radical (unpaired) electrons. The molecule has 35 heavy (non-hydrogen) atoms. The first kappa shape index (κ1) is 33.1. The van der Waals surface area contributed by atoms with E-state index < -0.39 is 35.7 Å². The van der Waals surface area contributed by atoms with Gasteiger partial charge in [-0.1, -0.05) is 65.5 Å². The first-order valence-electron chi connectivity index (χ1n) is 13.7. The second-order valence-corrected chi connectivity index (χ2v) is 10.5. The van der Waals surface area contributed by atoms with Gasteiger partial charge in [-0.3, -0.25) is 14.4 Å². The van der Waals surface area contributed by atoms with Crippen molar-refractivity contribution in [3.8, 4) is 0 Å².